The predicted molar refractivity (Wildman–Crippen MR) is 85.8 cm³/mol. The lowest BCUT2D eigenvalue weighted by Crippen LogP contribution is -1.97. The van der Waals surface area contributed by atoms with Crippen molar-refractivity contribution in [2.75, 3.05) is 0 Å². The second-order valence-electron chi connectivity index (χ2n) is 5.56. The lowest BCUT2D eigenvalue weighted by atomic mass is 10.1. The van der Waals surface area contributed by atoms with Gasteiger partial charge in [0, 0.05) is 5.69 Å². The van der Waals surface area contributed by atoms with Gasteiger partial charge in [-0.25, -0.2) is 4.98 Å². The van der Waals surface area contributed by atoms with Gasteiger partial charge < -0.3 is 5.11 Å². The fraction of sp³-hybridized carbons (Fsp3) is 0.278. The number of nitrogens with zero attached hydrogens (tertiary/aromatic N) is 2. The summed E-state index contributed by atoms with van der Waals surface area (Å²) in [4.78, 5) is 4.48. The molecule has 21 heavy (non-hydrogen) atoms. The van der Waals surface area contributed by atoms with Crippen molar-refractivity contribution in [3.05, 3.63) is 59.4 Å². The SMILES string of the molecule is CCC(O)c1ccc(-n2cnc3cc(C)c(C)cc32)cc1. The molecule has 0 bridgehead atoms. The Labute approximate surface area is 124 Å². The summed E-state index contributed by atoms with van der Waals surface area (Å²) in [6.07, 6.45) is 2.20. The zero-order valence-corrected chi connectivity index (χ0v) is 12.7. The molecule has 1 heterocycles. The first-order chi connectivity index (χ1) is 10.1. The standard InChI is InChI=1S/C18H20N2O/c1-4-18(21)14-5-7-15(8-6-14)20-11-19-16-9-12(2)13(3)10-17(16)20/h5-11,18,21H,4H2,1-3H3. The summed E-state index contributed by atoms with van der Waals surface area (Å²) >= 11 is 0. The number of rotatable bonds is 3. The van der Waals surface area contributed by atoms with E-state index < -0.39 is 0 Å². The number of aliphatic hydroxyl groups is 1. The Morgan fingerprint density at radius 1 is 1.10 bits per heavy atom. The normalized spacial score (nSPS) is 12.8. The molecule has 0 radical (unpaired) electrons. The van der Waals surface area contributed by atoms with Gasteiger partial charge in [-0.3, -0.25) is 4.57 Å². The number of aryl methyl sites for hydroxylation is 2. The van der Waals surface area contributed by atoms with Gasteiger partial charge in [0.15, 0.2) is 0 Å². The van der Waals surface area contributed by atoms with Gasteiger partial charge in [0.2, 0.25) is 0 Å². The molecule has 0 fully saturated rings. The van der Waals surface area contributed by atoms with Crippen LogP contribution in [-0.4, -0.2) is 14.7 Å². The molecule has 3 nitrogen and oxygen atoms in total. The second kappa shape index (κ2) is 5.34. The van der Waals surface area contributed by atoms with Gasteiger partial charge in [-0.2, -0.15) is 0 Å². The monoisotopic (exact) mass is 280 g/mol. The smallest absolute Gasteiger partial charge is 0.100 e. The summed E-state index contributed by atoms with van der Waals surface area (Å²) in [6.45, 7) is 6.20. The Bertz CT molecular complexity index is 772. The first-order valence-electron chi connectivity index (χ1n) is 7.33. The van der Waals surface area contributed by atoms with E-state index in [1.165, 1.54) is 11.1 Å². The molecule has 1 atom stereocenters. The quantitative estimate of drug-likeness (QED) is 0.785. The van der Waals surface area contributed by atoms with Crippen molar-refractivity contribution in [1.29, 1.82) is 0 Å². The summed E-state index contributed by atoms with van der Waals surface area (Å²) in [6, 6.07) is 12.3. The number of imidazole rings is 1. The molecule has 1 N–H and O–H groups in total. The fourth-order valence-corrected chi connectivity index (χ4v) is 2.56. The van der Waals surface area contributed by atoms with E-state index in [0.29, 0.717) is 0 Å². The number of fused-ring (bicyclic) bond motifs is 1. The highest BCUT2D eigenvalue weighted by Crippen LogP contribution is 2.23. The highest BCUT2D eigenvalue weighted by Gasteiger charge is 2.08. The van der Waals surface area contributed by atoms with E-state index in [-0.39, 0.29) is 6.10 Å². The lowest BCUT2D eigenvalue weighted by Gasteiger charge is -2.10. The van der Waals surface area contributed by atoms with Gasteiger partial charge in [0.05, 0.1) is 17.1 Å². The Morgan fingerprint density at radius 2 is 1.76 bits per heavy atom. The number of aromatic nitrogens is 2. The van der Waals surface area contributed by atoms with Crippen molar-refractivity contribution in [2.24, 2.45) is 0 Å². The molecule has 0 amide bonds. The molecule has 108 valence electrons. The van der Waals surface area contributed by atoms with Gasteiger partial charge in [-0.05, 0) is 61.2 Å². The first-order valence-corrected chi connectivity index (χ1v) is 7.33. The summed E-state index contributed by atoms with van der Waals surface area (Å²) < 4.78 is 2.09. The molecule has 0 aliphatic carbocycles. The minimum absolute atomic E-state index is 0.386. The maximum atomic E-state index is 9.87. The summed E-state index contributed by atoms with van der Waals surface area (Å²) in [7, 11) is 0. The van der Waals surface area contributed by atoms with Crippen LogP contribution in [0.2, 0.25) is 0 Å². The number of aliphatic hydroxyl groups excluding tert-OH is 1. The van der Waals surface area contributed by atoms with Gasteiger partial charge in [-0.1, -0.05) is 19.1 Å². The van der Waals surface area contributed by atoms with E-state index in [9.17, 15) is 5.11 Å². The Balaban J connectivity index is 2.06. The third-order valence-corrected chi connectivity index (χ3v) is 4.11. The van der Waals surface area contributed by atoms with E-state index in [1.54, 1.807) is 0 Å². The minimum atomic E-state index is -0.386. The van der Waals surface area contributed by atoms with Crippen LogP contribution in [0.15, 0.2) is 42.7 Å². The molecule has 0 aliphatic rings. The predicted octanol–water partition coefficient (Wildman–Crippen LogP) is 4.09. The maximum absolute atomic E-state index is 9.87. The van der Waals surface area contributed by atoms with Crippen molar-refractivity contribution in [3.8, 4) is 5.69 Å². The summed E-state index contributed by atoms with van der Waals surface area (Å²) in [5.74, 6) is 0. The maximum Gasteiger partial charge on any atom is 0.100 e. The number of hydrogen-bond acceptors (Lipinski definition) is 2. The van der Waals surface area contributed by atoms with Crippen molar-refractivity contribution >= 4 is 11.0 Å². The fourth-order valence-electron chi connectivity index (χ4n) is 2.56. The summed E-state index contributed by atoms with van der Waals surface area (Å²) in [5, 5.41) is 9.87. The number of hydrogen-bond donors (Lipinski definition) is 1. The van der Waals surface area contributed by atoms with Crippen LogP contribution in [0.4, 0.5) is 0 Å². The zero-order chi connectivity index (χ0) is 15.0. The molecule has 0 saturated carbocycles. The zero-order valence-electron chi connectivity index (χ0n) is 12.7. The van der Waals surface area contributed by atoms with E-state index >= 15 is 0 Å². The molecule has 3 aromatic rings. The highest BCUT2D eigenvalue weighted by atomic mass is 16.3. The van der Waals surface area contributed by atoms with E-state index in [0.717, 1.165) is 28.7 Å². The molecule has 1 aromatic heterocycles. The Morgan fingerprint density at radius 3 is 2.43 bits per heavy atom. The van der Waals surface area contributed by atoms with Crippen LogP contribution < -0.4 is 0 Å². The van der Waals surface area contributed by atoms with Crippen LogP contribution in [0.3, 0.4) is 0 Å². The van der Waals surface area contributed by atoms with E-state index in [4.69, 9.17) is 0 Å². The van der Waals surface area contributed by atoms with Crippen LogP contribution in [0, 0.1) is 13.8 Å². The van der Waals surface area contributed by atoms with E-state index in [2.05, 4.69) is 35.5 Å². The molecule has 3 rings (SSSR count). The van der Waals surface area contributed by atoms with Gasteiger partial charge in [0.25, 0.3) is 0 Å². The van der Waals surface area contributed by atoms with Gasteiger partial charge in [-0.15, -0.1) is 0 Å². The van der Waals surface area contributed by atoms with Crippen molar-refractivity contribution in [1.82, 2.24) is 9.55 Å². The highest BCUT2D eigenvalue weighted by molar-refractivity contribution is 5.79. The molecule has 2 aromatic carbocycles. The Hall–Kier alpha value is -2.13. The third-order valence-electron chi connectivity index (χ3n) is 4.11. The van der Waals surface area contributed by atoms with Crippen LogP contribution in [0.25, 0.3) is 16.7 Å². The molecule has 0 saturated heterocycles. The van der Waals surface area contributed by atoms with Crippen molar-refractivity contribution in [3.63, 3.8) is 0 Å². The Kier molecular flexibility index (Phi) is 3.52. The molecule has 0 aliphatic heterocycles. The summed E-state index contributed by atoms with van der Waals surface area (Å²) in [5.41, 5.74) is 6.67. The van der Waals surface area contributed by atoms with Crippen LogP contribution >= 0.6 is 0 Å². The largest absolute Gasteiger partial charge is 0.388 e. The second-order valence-corrected chi connectivity index (χ2v) is 5.56. The number of benzene rings is 2. The van der Waals surface area contributed by atoms with Crippen LogP contribution in [-0.2, 0) is 0 Å². The van der Waals surface area contributed by atoms with Crippen LogP contribution in [0.5, 0.6) is 0 Å². The molecule has 3 heteroatoms. The average Bonchev–Trinajstić information content (AvgIpc) is 2.90. The molecule has 0 spiro atoms. The van der Waals surface area contributed by atoms with Gasteiger partial charge >= 0.3 is 0 Å². The van der Waals surface area contributed by atoms with E-state index in [1.807, 2.05) is 37.5 Å². The van der Waals surface area contributed by atoms with Crippen LogP contribution in [0.1, 0.15) is 36.1 Å². The minimum Gasteiger partial charge on any atom is -0.388 e. The third kappa shape index (κ3) is 2.45. The first kappa shape index (κ1) is 13.8. The van der Waals surface area contributed by atoms with Crippen molar-refractivity contribution < 1.29 is 5.11 Å². The van der Waals surface area contributed by atoms with Crippen molar-refractivity contribution in [2.45, 2.75) is 33.3 Å². The lowest BCUT2D eigenvalue weighted by molar-refractivity contribution is 0.173. The van der Waals surface area contributed by atoms with Gasteiger partial charge in [0.1, 0.15) is 6.33 Å². The molecular weight excluding hydrogens is 260 g/mol. The molecular formula is C18H20N2O. The molecule has 1 unspecified atom stereocenters. The topological polar surface area (TPSA) is 38.0 Å². The average molecular weight is 280 g/mol.